The number of anilines is 3. The topological polar surface area (TPSA) is 141 Å². The molecule has 6 rings (SSSR count). The number of nitriles is 1. The van der Waals surface area contributed by atoms with Crippen molar-refractivity contribution in [3.63, 3.8) is 0 Å². The molecule has 0 bridgehead atoms. The number of carbonyl (C=O) groups is 4. The molecule has 1 saturated carbocycles. The van der Waals surface area contributed by atoms with Crippen molar-refractivity contribution in [1.82, 2.24) is 20.0 Å². The molecule has 0 radical (unpaired) electrons. The van der Waals surface area contributed by atoms with Gasteiger partial charge in [0.1, 0.15) is 17.4 Å². The van der Waals surface area contributed by atoms with Gasteiger partial charge in [0.05, 0.1) is 35.1 Å². The van der Waals surface area contributed by atoms with Gasteiger partial charge in [-0.2, -0.15) is 18.4 Å². The Labute approximate surface area is 341 Å². The lowest BCUT2D eigenvalue weighted by atomic mass is 9.82. The van der Waals surface area contributed by atoms with Crippen molar-refractivity contribution < 1.29 is 36.7 Å². The number of carbonyl (C=O) groups excluding carboxylic acids is 4. The minimum absolute atomic E-state index is 0.00224. The summed E-state index contributed by atoms with van der Waals surface area (Å²) in [5.41, 5.74) is -2.21. The lowest BCUT2D eigenvalue weighted by molar-refractivity contribution is -0.138. The average Bonchev–Trinajstić information content (AvgIpc) is 3.34. The van der Waals surface area contributed by atoms with Crippen LogP contribution in [0.4, 0.5) is 34.6 Å². The highest BCUT2D eigenvalue weighted by Gasteiger charge is 2.52. The van der Waals surface area contributed by atoms with Crippen molar-refractivity contribution in [3.8, 4) is 6.07 Å². The third-order valence-corrected chi connectivity index (χ3v) is 12.4. The summed E-state index contributed by atoms with van der Waals surface area (Å²) in [4.78, 5) is 58.0. The zero-order valence-electron chi connectivity index (χ0n) is 33.1. The first kappa shape index (κ1) is 42.9. The molecule has 4 fully saturated rings. The molecule has 3 heterocycles. The average molecular weight is 827 g/mol. The summed E-state index contributed by atoms with van der Waals surface area (Å²) < 4.78 is 55.9. The van der Waals surface area contributed by atoms with Gasteiger partial charge in [0.2, 0.25) is 17.7 Å². The zero-order valence-corrected chi connectivity index (χ0v) is 33.9. The molecule has 0 aromatic heterocycles. The molecule has 58 heavy (non-hydrogen) atoms. The Balaban J connectivity index is 0.953. The van der Waals surface area contributed by atoms with E-state index >= 15 is 0 Å². The highest BCUT2D eigenvalue weighted by Crippen LogP contribution is 2.41. The minimum atomic E-state index is -4.76. The molecule has 12 nitrogen and oxygen atoms in total. The molecular weight excluding hydrogens is 777 g/mol. The maximum Gasteiger partial charge on any atom is 0.417 e. The second-order valence-electron chi connectivity index (χ2n) is 16.5. The van der Waals surface area contributed by atoms with Crippen LogP contribution in [0.2, 0.25) is 0 Å². The Morgan fingerprint density at radius 1 is 1.02 bits per heavy atom. The molecule has 2 aromatic rings. The summed E-state index contributed by atoms with van der Waals surface area (Å²) in [6, 6.07) is 8.46. The molecule has 4 aliphatic rings. The van der Waals surface area contributed by atoms with Crippen LogP contribution in [0.1, 0.15) is 90.2 Å². The number of hydrogen-bond acceptors (Lipinski definition) is 9. The third-order valence-electron chi connectivity index (χ3n) is 12.0. The first-order valence-corrected chi connectivity index (χ1v) is 20.2. The van der Waals surface area contributed by atoms with Gasteiger partial charge in [0.15, 0.2) is 5.11 Å². The summed E-state index contributed by atoms with van der Waals surface area (Å²) in [5.74, 6) is -1.63. The number of hydrogen-bond donors (Lipinski definition) is 3. The summed E-state index contributed by atoms with van der Waals surface area (Å²) in [6.45, 7) is 10.2. The van der Waals surface area contributed by atoms with Crippen LogP contribution in [0.3, 0.4) is 0 Å². The first-order valence-electron chi connectivity index (χ1n) is 19.8. The van der Waals surface area contributed by atoms with Gasteiger partial charge in [-0.15, -0.1) is 0 Å². The zero-order chi connectivity index (χ0) is 42.1. The van der Waals surface area contributed by atoms with Gasteiger partial charge in [-0.25, -0.2) is 4.39 Å². The Morgan fingerprint density at radius 3 is 2.34 bits per heavy atom. The van der Waals surface area contributed by atoms with Gasteiger partial charge >= 0.3 is 6.18 Å². The number of amides is 4. The highest BCUT2D eigenvalue weighted by atomic mass is 32.1. The van der Waals surface area contributed by atoms with Crippen LogP contribution >= 0.6 is 12.2 Å². The van der Waals surface area contributed by atoms with E-state index in [4.69, 9.17) is 12.2 Å². The Morgan fingerprint density at radius 2 is 1.71 bits per heavy atom. The summed E-state index contributed by atoms with van der Waals surface area (Å²) >= 11 is 5.76. The second-order valence-corrected chi connectivity index (χ2v) is 16.9. The van der Waals surface area contributed by atoms with Gasteiger partial charge in [0.25, 0.3) is 5.91 Å². The predicted molar refractivity (Wildman–Crippen MR) is 214 cm³/mol. The van der Waals surface area contributed by atoms with E-state index in [2.05, 4.69) is 39.6 Å². The van der Waals surface area contributed by atoms with E-state index in [-0.39, 0.29) is 59.4 Å². The van der Waals surface area contributed by atoms with Gasteiger partial charge in [-0.3, -0.25) is 34.3 Å². The standard InChI is InChI=1S/C41H50F4N8O4S/c1-24-21-50(22-25(2)51(24)23-36(55)48-34-18-28(10-14-32(34)42)47-33-15-16-35(54)49-37(33)56)17-5-6-26-7-11-29(12-8-26)53-39(58)52(38(57)40(53,3)4)30-13-9-27(20-46)31(19-30)41(43,44)45/h9-10,13-14,18-19,24-26,29,33,47H,5-8,11-12,15-17,21-23H2,1-4H3,(H,48,55)(H,49,54,56)/t24-,25+,26?,29?,33?. The van der Waals surface area contributed by atoms with Gasteiger partial charge < -0.3 is 20.4 Å². The fourth-order valence-corrected chi connectivity index (χ4v) is 9.57. The van der Waals surface area contributed by atoms with Gasteiger partial charge in [-0.05, 0) is 134 Å². The van der Waals surface area contributed by atoms with Crippen molar-refractivity contribution in [1.29, 1.82) is 5.26 Å². The number of benzene rings is 2. The number of alkyl halides is 3. The number of halogens is 4. The minimum Gasteiger partial charge on any atom is -0.374 e. The maximum atomic E-state index is 14.7. The first-order chi connectivity index (χ1) is 27.4. The number of thiocarbonyl (C=S) groups is 1. The molecule has 3 N–H and O–H groups in total. The van der Waals surface area contributed by atoms with E-state index in [0.29, 0.717) is 18.0 Å². The third kappa shape index (κ3) is 9.29. The van der Waals surface area contributed by atoms with Crippen molar-refractivity contribution in [3.05, 3.63) is 53.3 Å². The lowest BCUT2D eigenvalue weighted by Crippen LogP contribution is -2.58. The molecule has 4 amide bonds. The number of piperazine rings is 1. The largest absolute Gasteiger partial charge is 0.417 e. The Hall–Kier alpha value is -4.66. The lowest BCUT2D eigenvalue weighted by Gasteiger charge is -2.44. The van der Waals surface area contributed by atoms with Crippen molar-refractivity contribution in [2.24, 2.45) is 5.92 Å². The quantitative estimate of drug-likeness (QED) is 0.140. The monoisotopic (exact) mass is 826 g/mol. The van der Waals surface area contributed by atoms with Crippen molar-refractivity contribution in [2.45, 2.75) is 115 Å². The van der Waals surface area contributed by atoms with E-state index in [1.54, 1.807) is 19.9 Å². The van der Waals surface area contributed by atoms with Crippen LogP contribution in [-0.4, -0.2) is 99.3 Å². The summed E-state index contributed by atoms with van der Waals surface area (Å²) in [7, 11) is 0. The molecule has 3 saturated heterocycles. The fraction of sp³-hybridized carbons (Fsp3) is 0.561. The number of nitrogens with zero attached hydrogens (tertiary/aromatic N) is 5. The van der Waals surface area contributed by atoms with Crippen LogP contribution in [0.15, 0.2) is 36.4 Å². The fourth-order valence-electron chi connectivity index (χ4n) is 9.01. The summed E-state index contributed by atoms with van der Waals surface area (Å²) in [5, 5.41) is 17.4. The maximum absolute atomic E-state index is 14.7. The van der Waals surface area contributed by atoms with E-state index in [9.17, 15) is 42.0 Å². The Kier molecular flexibility index (Phi) is 12.8. The predicted octanol–water partition coefficient (Wildman–Crippen LogP) is 6.02. The number of imide groups is 1. The van der Waals surface area contributed by atoms with Crippen LogP contribution in [0.25, 0.3) is 0 Å². The molecule has 0 spiro atoms. The van der Waals surface area contributed by atoms with E-state index in [0.717, 1.165) is 70.3 Å². The van der Waals surface area contributed by atoms with Crippen molar-refractivity contribution in [2.75, 3.05) is 41.7 Å². The molecule has 1 aliphatic carbocycles. The van der Waals surface area contributed by atoms with E-state index in [1.807, 2.05) is 4.90 Å². The molecule has 2 aromatic carbocycles. The van der Waals surface area contributed by atoms with Gasteiger partial charge in [-0.1, -0.05) is 0 Å². The van der Waals surface area contributed by atoms with E-state index in [1.165, 1.54) is 29.2 Å². The molecule has 3 atom stereocenters. The van der Waals surface area contributed by atoms with E-state index < -0.39 is 46.5 Å². The van der Waals surface area contributed by atoms with Crippen LogP contribution < -0.4 is 20.9 Å². The van der Waals surface area contributed by atoms with Gasteiger partial charge in [0, 0.05) is 43.3 Å². The molecule has 3 aliphatic heterocycles. The van der Waals surface area contributed by atoms with Crippen LogP contribution in [-0.2, 0) is 25.4 Å². The number of piperidine rings is 1. The highest BCUT2D eigenvalue weighted by molar-refractivity contribution is 7.80. The number of nitrogens with one attached hydrogen (secondary N) is 3. The normalized spacial score (nSPS) is 25.7. The smallest absolute Gasteiger partial charge is 0.374 e. The molecule has 312 valence electrons. The van der Waals surface area contributed by atoms with Crippen LogP contribution in [0, 0.1) is 23.1 Å². The SMILES string of the molecule is C[C@@H]1CN(CCCC2CCC(N3C(=S)N(c4ccc(C#N)c(C(F)(F)F)c4)C(=O)C3(C)C)CC2)C[C@H](C)N1CC(=O)Nc1cc(NC2CCC(=O)NC2=O)ccc1F. The Bertz CT molecular complexity index is 1970. The summed E-state index contributed by atoms with van der Waals surface area (Å²) in [6.07, 6.45) is 1.27. The van der Waals surface area contributed by atoms with Crippen molar-refractivity contribution >= 4 is 58.0 Å². The molecule has 1 unspecified atom stereocenters. The molecule has 17 heteroatoms. The number of rotatable bonds is 11. The molecular formula is C41H50F4N8O4S. The second kappa shape index (κ2) is 17.3. The van der Waals surface area contributed by atoms with Crippen LogP contribution in [0.5, 0.6) is 0 Å².